The Bertz CT molecular complexity index is 186. The fourth-order valence-corrected chi connectivity index (χ4v) is 2.32. The lowest BCUT2D eigenvalue weighted by molar-refractivity contribution is -0.118. The summed E-state index contributed by atoms with van der Waals surface area (Å²) in [6.07, 6.45) is 17.9. The second-order valence-corrected chi connectivity index (χ2v) is 5.46. The first kappa shape index (κ1) is 17.5. The first-order valence-electron chi connectivity index (χ1n) is 8.05. The molecule has 2 N–H and O–H groups in total. The molecule has 0 aromatic carbocycles. The average molecular weight is 257 g/mol. The standard InChI is InChI=1S/C16H33NO.H2/c1-2-3-4-5-6-7-8-9-10-11-12-13-14-15-16(17)18;/h2-15H2,1H3,(H2,17,18);1H. The zero-order chi connectivity index (χ0) is 13.5. The van der Waals surface area contributed by atoms with Crippen LogP contribution in [-0.4, -0.2) is 5.91 Å². The third kappa shape index (κ3) is 15.5. The number of primary amides is 1. The van der Waals surface area contributed by atoms with Crippen LogP contribution < -0.4 is 5.73 Å². The SMILES string of the molecule is CCCCCCCCCCCCCCCC(N)=O.[HH]. The molecule has 0 unspecified atom stereocenters. The highest BCUT2D eigenvalue weighted by Gasteiger charge is 1.95. The largest absolute Gasteiger partial charge is 0.370 e. The number of carbonyl (C=O) groups excluding carboxylic acids is 1. The number of rotatable bonds is 14. The maximum absolute atomic E-state index is 10.5. The van der Waals surface area contributed by atoms with Crippen LogP contribution in [0.15, 0.2) is 0 Å². The van der Waals surface area contributed by atoms with Gasteiger partial charge in [0.25, 0.3) is 0 Å². The maximum Gasteiger partial charge on any atom is 0.217 e. The molecule has 0 aliphatic heterocycles. The van der Waals surface area contributed by atoms with Gasteiger partial charge in [0.2, 0.25) is 5.91 Å². The molecule has 2 nitrogen and oxygen atoms in total. The van der Waals surface area contributed by atoms with Gasteiger partial charge in [0.05, 0.1) is 0 Å². The van der Waals surface area contributed by atoms with Gasteiger partial charge in [-0.15, -0.1) is 0 Å². The zero-order valence-corrected chi connectivity index (χ0v) is 12.4. The number of carbonyl (C=O) groups is 1. The fourth-order valence-electron chi connectivity index (χ4n) is 2.32. The van der Waals surface area contributed by atoms with Crippen molar-refractivity contribution >= 4 is 5.91 Å². The van der Waals surface area contributed by atoms with E-state index in [0.29, 0.717) is 6.42 Å². The molecule has 110 valence electrons. The van der Waals surface area contributed by atoms with Gasteiger partial charge < -0.3 is 5.73 Å². The molecule has 18 heavy (non-hydrogen) atoms. The predicted octanol–water partition coefficient (Wildman–Crippen LogP) is 5.20. The molecule has 0 rings (SSSR count). The molecule has 0 aliphatic carbocycles. The molecule has 0 radical (unpaired) electrons. The van der Waals surface area contributed by atoms with Crippen molar-refractivity contribution in [3.05, 3.63) is 0 Å². The van der Waals surface area contributed by atoms with E-state index in [-0.39, 0.29) is 7.33 Å². The molecule has 0 heterocycles. The molecular weight excluding hydrogens is 222 g/mol. The van der Waals surface area contributed by atoms with Crippen LogP contribution in [0, 0.1) is 0 Å². The predicted molar refractivity (Wildman–Crippen MR) is 81.6 cm³/mol. The molecule has 0 spiro atoms. The van der Waals surface area contributed by atoms with Crippen LogP contribution in [0.2, 0.25) is 0 Å². The topological polar surface area (TPSA) is 43.1 Å². The van der Waals surface area contributed by atoms with Gasteiger partial charge in [-0.1, -0.05) is 84.0 Å². The molecule has 0 atom stereocenters. The summed E-state index contributed by atoms with van der Waals surface area (Å²) in [4.78, 5) is 10.5. The number of hydrogen-bond donors (Lipinski definition) is 1. The second kappa shape index (κ2) is 14.5. The molecule has 0 bridgehead atoms. The normalized spacial score (nSPS) is 10.7. The van der Waals surface area contributed by atoms with E-state index < -0.39 is 0 Å². The summed E-state index contributed by atoms with van der Waals surface area (Å²) < 4.78 is 0. The van der Waals surface area contributed by atoms with Gasteiger partial charge in [0, 0.05) is 7.85 Å². The van der Waals surface area contributed by atoms with Crippen molar-refractivity contribution in [1.29, 1.82) is 0 Å². The van der Waals surface area contributed by atoms with Gasteiger partial charge in [-0.25, -0.2) is 0 Å². The van der Waals surface area contributed by atoms with Crippen LogP contribution in [0.25, 0.3) is 0 Å². The Balaban J connectivity index is 0. The average Bonchev–Trinajstić information content (AvgIpc) is 2.34. The molecule has 2 heteroatoms. The maximum atomic E-state index is 10.5. The van der Waals surface area contributed by atoms with Crippen LogP contribution in [0.3, 0.4) is 0 Å². The van der Waals surface area contributed by atoms with Crippen molar-refractivity contribution in [3.63, 3.8) is 0 Å². The van der Waals surface area contributed by atoms with E-state index in [1.54, 1.807) is 0 Å². The Kier molecular flexibility index (Phi) is 14.1. The van der Waals surface area contributed by atoms with Crippen molar-refractivity contribution in [3.8, 4) is 0 Å². The van der Waals surface area contributed by atoms with Crippen molar-refractivity contribution in [2.75, 3.05) is 0 Å². The van der Waals surface area contributed by atoms with Crippen molar-refractivity contribution in [1.82, 2.24) is 0 Å². The number of nitrogens with two attached hydrogens (primary N) is 1. The molecular formula is C16H35NO. The minimum atomic E-state index is -0.155. The summed E-state index contributed by atoms with van der Waals surface area (Å²) in [6.45, 7) is 2.27. The highest BCUT2D eigenvalue weighted by Crippen LogP contribution is 2.12. The van der Waals surface area contributed by atoms with E-state index in [2.05, 4.69) is 6.92 Å². The Morgan fingerprint density at radius 1 is 0.722 bits per heavy atom. The lowest BCUT2D eigenvalue weighted by Gasteiger charge is -2.02. The third-order valence-electron chi connectivity index (χ3n) is 3.53. The van der Waals surface area contributed by atoms with E-state index >= 15 is 0 Å². The molecule has 0 saturated heterocycles. The van der Waals surface area contributed by atoms with E-state index in [9.17, 15) is 4.79 Å². The summed E-state index contributed by atoms with van der Waals surface area (Å²) in [6, 6.07) is 0. The summed E-state index contributed by atoms with van der Waals surface area (Å²) in [7, 11) is 0. The Morgan fingerprint density at radius 3 is 1.39 bits per heavy atom. The quantitative estimate of drug-likeness (QED) is 0.427. The number of hydrogen-bond acceptors (Lipinski definition) is 1. The van der Waals surface area contributed by atoms with Gasteiger partial charge in [-0.05, 0) is 6.42 Å². The van der Waals surface area contributed by atoms with Crippen molar-refractivity contribution in [2.24, 2.45) is 5.73 Å². The number of amides is 1. The minimum absolute atomic E-state index is 0. The molecule has 0 aliphatic rings. The highest BCUT2D eigenvalue weighted by atomic mass is 16.1. The number of unbranched alkanes of at least 4 members (excludes halogenated alkanes) is 12. The van der Waals surface area contributed by atoms with Crippen LogP contribution in [-0.2, 0) is 4.79 Å². The smallest absolute Gasteiger partial charge is 0.217 e. The Hall–Kier alpha value is -0.530. The summed E-state index contributed by atoms with van der Waals surface area (Å²) in [5.74, 6) is -0.155. The molecule has 0 aromatic heterocycles. The van der Waals surface area contributed by atoms with E-state index in [4.69, 9.17) is 5.73 Å². The van der Waals surface area contributed by atoms with Gasteiger partial charge in [0.15, 0.2) is 0 Å². The van der Waals surface area contributed by atoms with E-state index in [1.165, 1.54) is 77.0 Å². The minimum Gasteiger partial charge on any atom is -0.370 e. The van der Waals surface area contributed by atoms with Crippen LogP contribution in [0.4, 0.5) is 0 Å². The van der Waals surface area contributed by atoms with E-state index in [0.717, 1.165) is 6.42 Å². The third-order valence-corrected chi connectivity index (χ3v) is 3.53. The molecule has 0 fully saturated rings. The second-order valence-electron chi connectivity index (χ2n) is 5.46. The Morgan fingerprint density at radius 2 is 1.06 bits per heavy atom. The molecule has 0 aromatic rings. The monoisotopic (exact) mass is 257 g/mol. The fraction of sp³-hybridized carbons (Fsp3) is 0.938. The van der Waals surface area contributed by atoms with Crippen molar-refractivity contribution in [2.45, 2.75) is 96.8 Å². The van der Waals surface area contributed by atoms with Gasteiger partial charge in [0.1, 0.15) is 0 Å². The summed E-state index contributed by atoms with van der Waals surface area (Å²) >= 11 is 0. The van der Waals surface area contributed by atoms with Crippen LogP contribution >= 0.6 is 0 Å². The van der Waals surface area contributed by atoms with Gasteiger partial charge in [-0.3, -0.25) is 4.79 Å². The summed E-state index contributed by atoms with van der Waals surface area (Å²) in [5.41, 5.74) is 5.09. The molecule has 1 amide bonds. The van der Waals surface area contributed by atoms with Crippen LogP contribution in [0.1, 0.15) is 98.2 Å². The first-order valence-corrected chi connectivity index (χ1v) is 8.05. The summed E-state index contributed by atoms with van der Waals surface area (Å²) in [5, 5.41) is 0. The Labute approximate surface area is 115 Å². The van der Waals surface area contributed by atoms with Crippen LogP contribution in [0.5, 0.6) is 0 Å². The highest BCUT2D eigenvalue weighted by molar-refractivity contribution is 5.73. The van der Waals surface area contributed by atoms with Gasteiger partial charge in [-0.2, -0.15) is 0 Å². The van der Waals surface area contributed by atoms with Crippen molar-refractivity contribution < 1.29 is 6.22 Å². The molecule has 0 saturated carbocycles. The lowest BCUT2D eigenvalue weighted by atomic mass is 10.0. The first-order chi connectivity index (χ1) is 8.77. The zero-order valence-electron chi connectivity index (χ0n) is 12.4. The van der Waals surface area contributed by atoms with E-state index in [1.807, 2.05) is 0 Å². The lowest BCUT2D eigenvalue weighted by Crippen LogP contribution is -2.09. The van der Waals surface area contributed by atoms with Gasteiger partial charge >= 0.3 is 0 Å².